The SMILES string of the molecule is CC(C)Oc1ccc(-c2nc(-c3ccc(CNC4CCC4)cc3)no2)cc1.O=CO. The second-order valence-electron chi connectivity index (χ2n) is 7.43. The van der Waals surface area contributed by atoms with Gasteiger partial charge in [0.1, 0.15) is 5.75 Å². The van der Waals surface area contributed by atoms with Crippen LogP contribution in [-0.4, -0.2) is 33.9 Å². The molecule has 4 rings (SSSR count). The van der Waals surface area contributed by atoms with E-state index in [9.17, 15) is 0 Å². The van der Waals surface area contributed by atoms with Crippen LogP contribution >= 0.6 is 0 Å². The summed E-state index contributed by atoms with van der Waals surface area (Å²) in [6, 6.07) is 16.7. The average Bonchev–Trinajstić information content (AvgIpc) is 3.18. The molecule has 158 valence electrons. The van der Waals surface area contributed by atoms with E-state index >= 15 is 0 Å². The van der Waals surface area contributed by atoms with Crippen molar-refractivity contribution in [3.05, 3.63) is 54.1 Å². The van der Waals surface area contributed by atoms with E-state index in [-0.39, 0.29) is 12.6 Å². The number of carboxylic acid groups (broad SMARTS) is 1. The van der Waals surface area contributed by atoms with Crippen molar-refractivity contribution >= 4 is 6.47 Å². The Kier molecular flexibility index (Phi) is 7.57. The van der Waals surface area contributed by atoms with Crippen LogP contribution in [-0.2, 0) is 11.3 Å². The summed E-state index contributed by atoms with van der Waals surface area (Å²) < 4.78 is 11.1. The number of benzene rings is 2. The number of aromatic nitrogens is 2. The number of hydrogen-bond donors (Lipinski definition) is 2. The Morgan fingerprint density at radius 2 is 1.77 bits per heavy atom. The lowest BCUT2D eigenvalue weighted by molar-refractivity contribution is -0.122. The molecule has 7 heteroatoms. The molecule has 1 aliphatic rings. The van der Waals surface area contributed by atoms with Gasteiger partial charge in [-0.05, 0) is 56.5 Å². The van der Waals surface area contributed by atoms with Crippen molar-refractivity contribution in [2.24, 2.45) is 0 Å². The number of nitrogens with one attached hydrogen (secondary N) is 1. The predicted octanol–water partition coefficient (Wildman–Crippen LogP) is 4.53. The van der Waals surface area contributed by atoms with E-state index in [0.29, 0.717) is 17.8 Å². The Morgan fingerprint density at radius 1 is 1.13 bits per heavy atom. The quantitative estimate of drug-likeness (QED) is 0.553. The van der Waals surface area contributed by atoms with Crippen LogP contribution in [0, 0.1) is 0 Å². The van der Waals surface area contributed by atoms with Gasteiger partial charge in [-0.3, -0.25) is 4.79 Å². The van der Waals surface area contributed by atoms with Crippen LogP contribution < -0.4 is 10.1 Å². The minimum absolute atomic E-state index is 0.151. The Balaban J connectivity index is 0.000000806. The molecular formula is C23H27N3O4. The Bertz CT molecular complexity index is 916. The molecule has 1 saturated carbocycles. The van der Waals surface area contributed by atoms with Gasteiger partial charge in [0.15, 0.2) is 0 Å². The minimum atomic E-state index is -0.250. The van der Waals surface area contributed by atoms with Crippen molar-refractivity contribution in [3.63, 3.8) is 0 Å². The first-order chi connectivity index (χ1) is 14.6. The molecule has 7 nitrogen and oxygen atoms in total. The highest BCUT2D eigenvalue weighted by Crippen LogP contribution is 2.25. The van der Waals surface area contributed by atoms with E-state index < -0.39 is 0 Å². The third-order valence-electron chi connectivity index (χ3n) is 4.81. The van der Waals surface area contributed by atoms with Gasteiger partial charge in [-0.2, -0.15) is 4.98 Å². The molecular weight excluding hydrogens is 382 g/mol. The molecule has 0 atom stereocenters. The summed E-state index contributed by atoms with van der Waals surface area (Å²) >= 11 is 0. The van der Waals surface area contributed by atoms with Crippen molar-refractivity contribution in [2.75, 3.05) is 0 Å². The first-order valence-corrected chi connectivity index (χ1v) is 10.1. The number of hydrogen-bond acceptors (Lipinski definition) is 6. The molecule has 2 aromatic carbocycles. The summed E-state index contributed by atoms with van der Waals surface area (Å²) in [5.74, 6) is 1.95. The van der Waals surface area contributed by atoms with Crippen LogP contribution in [0.25, 0.3) is 22.8 Å². The molecule has 0 radical (unpaired) electrons. The third kappa shape index (κ3) is 5.90. The zero-order valence-corrected chi connectivity index (χ0v) is 17.2. The van der Waals surface area contributed by atoms with E-state index in [0.717, 1.165) is 23.4 Å². The number of ether oxygens (including phenoxy) is 1. The van der Waals surface area contributed by atoms with Crippen molar-refractivity contribution in [1.29, 1.82) is 0 Å². The maximum absolute atomic E-state index is 8.36. The summed E-state index contributed by atoms with van der Waals surface area (Å²) in [7, 11) is 0. The summed E-state index contributed by atoms with van der Waals surface area (Å²) in [5.41, 5.74) is 3.11. The van der Waals surface area contributed by atoms with Crippen LogP contribution in [0.2, 0.25) is 0 Å². The fourth-order valence-electron chi connectivity index (χ4n) is 3.05. The van der Waals surface area contributed by atoms with Gasteiger partial charge in [-0.25, -0.2) is 0 Å². The molecule has 1 aromatic heterocycles. The van der Waals surface area contributed by atoms with E-state index in [1.54, 1.807) is 0 Å². The lowest BCUT2D eigenvalue weighted by atomic mass is 9.93. The van der Waals surface area contributed by atoms with Gasteiger partial charge in [0.25, 0.3) is 12.4 Å². The molecule has 1 heterocycles. The van der Waals surface area contributed by atoms with Crippen LogP contribution in [0.15, 0.2) is 53.1 Å². The highest BCUT2D eigenvalue weighted by atomic mass is 16.5. The van der Waals surface area contributed by atoms with Gasteiger partial charge in [-0.15, -0.1) is 0 Å². The van der Waals surface area contributed by atoms with Gasteiger partial charge in [0.2, 0.25) is 5.82 Å². The summed E-state index contributed by atoms with van der Waals surface area (Å²) in [4.78, 5) is 12.9. The third-order valence-corrected chi connectivity index (χ3v) is 4.81. The van der Waals surface area contributed by atoms with Crippen molar-refractivity contribution in [1.82, 2.24) is 15.5 Å². The molecule has 0 saturated heterocycles. The molecule has 1 fully saturated rings. The molecule has 0 aliphatic heterocycles. The van der Waals surface area contributed by atoms with E-state index in [2.05, 4.69) is 27.6 Å². The van der Waals surface area contributed by atoms with Gasteiger partial charge in [0, 0.05) is 23.7 Å². The Morgan fingerprint density at radius 3 is 2.33 bits per heavy atom. The van der Waals surface area contributed by atoms with Gasteiger partial charge in [0.05, 0.1) is 6.10 Å². The van der Waals surface area contributed by atoms with Gasteiger partial charge < -0.3 is 19.7 Å². The lowest BCUT2D eigenvalue weighted by Gasteiger charge is -2.26. The first kappa shape index (κ1) is 21.5. The topological polar surface area (TPSA) is 97.5 Å². The number of carbonyl (C=O) groups is 1. The lowest BCUT2D eigenvalue weighted by Crippen LogP contribution is -2.34. The highest BCUT2D eigenvalue weighted by Gasteiger charge is 2.16. The van der Waals surface area contributed by atoms with Crippen LogP contribution in [0.3, 0.4) is 0 Å². The second-order valence-corrected chi connectivity index (χ2v) is 7.43. The maximum atomic E-state index is 8.36. The van der Waals surface area contributed by atoms with Gasteiger partial charge in [-0.1, -0.05) is 35.8 Å². The molecule has 1 aliphatic carbocycles. The van der Waals surface area contributed by atoms with Crippen LogP contribution in [0.4, 0.5) is 0 Å². The zero-order chi connectivity index (χ0) is 21.3. The van der Waals surface area contributed by atoms with Crippen LogP contribution in [0.5, 0.6) is 5.75 Å². The monoisotopic (exact) mass is 409 g/mol. The predicted molar refractivity (Wildman–Crippen MR) is 114 cm³/mol. The first-order valence-electron chi connectivity index (χ1n) is 10.1. The number of rotatable bonds is 7. The minimum Gasteiger partial charge on any atom is -0.491 e. The van der Waals surface area contributed by atoms with Crippen molar-refractivity contribution < 1.29 is 19.2 Å². The molecule has 2 N–H and O–H groups in total. The standard InChI is InChI=1S/C22H25N3O2.CH2O2/c1-15(2)26-20-12-10-18(11-13-20)22-24-21(25-27-22)17-8-6-16(7-9-17)14-23-19-4-3-5-19;2-1-3/h6-13,15,19,23H,3-5,14H2,1-2H3;1H,(H,2,3). The molecule has 0 bridgehead atoms. The largest absolute Gasteiger partial charge is 0.491 e. The maximum Gasteiger partial charge on any atom is 0.290 e. The van der Waals surface area contributed by atoms with Crippen LogP contribution in [0.1, 0.15) is 38.7 Å². The summed E-state index contributed by atoms with van der Waals surface area (Å²) in [6.45, 7) is 4.67. The van der Waals surface area contributed by atoms with Crippen molar-refractivity contribution in [2.45, 2.75) is 51.8 Å². The zero-order valence-electron chi connectivity index (χ0n) is 17.2. The fourth-order valence-corrected chi connectivity index (χ4v) is 3.05. The van der Waals surface area contributed by atoms with E-state index in [1.165, 1.54) is 24.8 Å². The Hall–Kier alpha value is -3.19. The number of nitrogens with zero attached hydrogens (tertiary/aromatic N) is 2. The fraction of sp³-hybridized carbons (Fsp3) is 0.348. The molecule has 3 aromatic rings. The normalized spacial score (nSPS) is 13.3. The van der Waals surface area contributed by atoms with Crippen molar-refractivity contribution in [3.8, 4) is 28.6 Å². The van der Waals surface area contributed by atoms with E-state index in [1.807, 2.05) is 50.2 Å². The highest BCUT2D eigenvalue weighted by molar-refractivity contribution is 5.60. The van der Waals surface area contributed by atoms with Gasteiger partial charge >= 0.3 is 0 Å². The van der Waals surface area contributed by atoms with E-state index in [4.69, 9.17) is 19.2 Å². The molecule has 0 spiro atoms. The molecule has 30 heavy (non-hydrogen) atoms. The average molecular weight is 409 g/mol. The summed E-state index contributed by atoms with van der Waals surface area (Å²) in [5, 5.41) is 14.6. The summed E-state index contributed by atoms with van der Waals surface area (Å²) in [6.07, 6.45) is 4.10. The molecule has 0 unspecified atom stereocenters. The smallest absolute Gasteiger partial charge is 0.290 e. The Labute approximate surface area is 176 Å². The molecule has 0 amide bonds. The second kappa shape index (κ2) is 10.5.